The van der Waals surface area contributed by atoms with Crippen molar-refractivity contribution < 1.29 is 4.52 Å². The fourth-order valence-corrected chi connectivity index (χ4v) is 2.20. The van der Waals surface area contributed by atoms with Crippen LogP contribution >= 0.6 is 0 Å². The number of rotatable bonds is 4. The van der Waals surface area contributed by atoms with Gasteiger partial charge in [0, 0.05) is 32.6 Å². The van der Waals surface area contributed by atoms with Gasteiger partial charge in [0.05, 0.1) is 6.04 Å². The fourth-order valence-electron chi connectivity index (χ4n) is 2.20. The van der Waals surface area contributed by atoms with E-state index in [0.717, 1.165) is 50.9 Å². The Morgan fingerprint density at radius 1 is 1.24 bits per heavy atom. The summed E-state index contributed by atoms with van der Waals surface area (Å²) in [6.45, 7) is 12.0. The van der Waals surface area contributed by atoms with Gasteiger partial charge < -0.3 is 9.42 Å². The average Bonchev–Trinajstić information content (AvgIpc) is 2.87. The molecule has 96 valence electrons. The van der Waals surface area contributed by atoms with Gasteiger partial charge in [0.1, 0.15) is 0 Å². The largest absolute Gasteiger partial charge is 0.338 e. The Morgan fingerprint density at radius 2 is 1.94 bits per heavy atom. The first-order valence-corrected chi connectivity index (χ1v) is 6.53. The van der Waals surface area contributed by atoms with Crippen molar-refractivity contribution in [3.05, 3.63) is 11.7 Å². The number of likely N-dealkylation sites (N-methyl/N-ethyl adjacent to an activating group) is 1. The van der Waals surface area contributed by atoms with Crippen molar-refractivity contribution in [2.24, 2.45) is 0 Å². The third-order valence-electron chi connectivity index (χ3n) is 3.56. The van der Waals surface area contributed by atoms with Crippen molar-refractivity contribution in [2.45, 2.75) is 33.2 Å². The SMILES string of the molecule is CCc1noc([C@@H](C)N2CCN(CC)CC2)n1. The summed E-state index contributed by atoms with van der Waals surface area (Å²) in [5, 5.41) is 3.96. The summed E-state index contributed by atoms with van der Waals surface area (Å²) in [6.07, 6.45) is 0.833. The monoisotopic (exact) mass is 238 g/mol. The number of hydrogen-bond acceptors (Lipinski definition) is 5. The molecule has 17 heavy (non-hydrogen) atoms. The maximum Gasteiger partial charge on any atom is 0.243 e. The van der Waals surface area contributed by atoms with E-state index in [1.165, 1.54) is 0 Å². The highest BCUT2D eigenvalue weighted by atomic mass is 16.5. The fraction of sp³-hybridized carbons (Fsp3) is 0.833. The van der Waals surface area contributed by atoms with Gasteiger partial charge in [-0.05, 0) is 13.5 Å². The molecule has 0 radical (unpaired) electrons. The van der Waals surface area contributed by atoms with Crippen LogP contribution in [0.5, 0.6) is 0 Å². The van der Waals surface area contributed by atoms with Crippen molar-refractivity contribution >= 4 is 0 Å². The maximum absolute atomic E-state index is 5.31. The van der Waals surface area contributed by atoms with Crippen LogP contribution in [0.25, 0.3) is 0 Å². The van der Waals surface area contributed by atoms with Gasteiger partial charge in [-0.3, -0.25) is 4.90 Å². The minimum Gasteiger partial charge on any atom is -0.338 e. The smallest absolute Gasteiger partial charge is 0.243 e. The molecule has 0 aromatic carbocycles. The molecular formula is C12H22N4O. The standard InChI is InChI=1S/C12H22N4O/c1-4-11-13-12(17-14-11)10(3)16-8-6-15(5-2)7-9-16/h10H,4-9H2,1-3H3/t10-/m1/s1. The van der Waals surface area contributed by atoms with Gasteiger partial charge in [-0.15, -0.1) is 0 Å². The summed E-state index contributed by atoms with van der Waals surface area (Å²) in [5.74, 6) is 1.56. The van der Waals surface area contributed by atoms with Gasteiger partial charge in [-0.2, -0.15) is 4.98 Å². The lowest BCUT2D eigenvalue weighted by Crippen LogP contribution is -2.46. The van der Waals surface area contributed by atoms with Crippen LogP contribution < -0.4 is 0 Å². The number of nitrogens with zero attached hydrogens (tertiary/aromatic N) is 4. The zero-order valence-electron chi connectivity index (χ0n) is 11.0. The predicted molar refractivity (Wildman–Crippen MR) is 65.8 cm³/mol. The lowest BCUT2D eigenvalue weighted by atomic mass is 10.2. The van der Waals surface area contributed by atoms with Gasteiger partial charge in [-0.1, -0.05) is 19.0 Å². The Kier molecular flexibility index (Phi) is 4.12. The van der Waals surface area contributed by atoms with Crippen LogP contribution in [0.2, 0.25) is 0 Å². The van der Waals surface area contributed by atoms with Gasteiger partial charge >= 0.3 is 0 Å². The molecule has 0 N–H and O–H groups in total. The zero-order chi connectivity index (χ0) is 12.3. The summed E-state index contributed by atoms with van der Waals surface area (Å²) in [7, 11) is 0. The summed E-state index contributed by atoms with van der Waals surface area (Å²) in [4.78, 5) is 9.29. The highest BCUT2D eigenvalue weighted by molar-refractivity contribution is 4.93. The van der Waals surface area contributed by atoms with Gasteiger partial charge in [0.2, 0.25) is 5.89 Å². The third-order valence-corrected chi connectivity index (χ3v) is 3.56. The Bertz CT molecular complexity index is 344. The van der Waals surface area contributed by atoms with Crippen LogP contribution in [0.3, 0.4) is 0 Å². The normalized spacial score (nSPS) is 20.6. The summed E-state index contributed by atoms with van der Waals surface area (Å²) in [5.41, 5.74) is 0. The lowest BCUT2D eigenvalue weighted by molar-refractivity contribution is 0.0914. The lowest BCUT2D eigenvalue weighted by Gasteiger charge is -2.36. The van der Waals surface area contributed by atoms with Crippen molar-refractivity contribution in [1.82, 2.24) is 19.9 Å². The maximum atomic E-state index is 5.31. The second-order valence-corrected chi connectivity index (χ2v) is 4.55. The topological polar surface area (TPSA) is 45.4 Å². The molecule has 1 aromatic rings. The van der Waals surface area contributed by atoms with Crippen LogP contribution in [-0.2, 0) is 6.42 Å². The Labute approximate surface area is 103 Å². The van der Waals surface area contributed by atoms with E-state index >= 15 is 0 Å². The van der Waals surface area contributed by atoms with Crippen molar-refractivity contribution in [2.75, 3.05) is 32.7 Å². The first-order chi connectivity index (χ1) is 8.24. The highest BCUT2D eigenvalue weighted by Gasteiger charge is 2.24. The molecule has 0 amide bonds. The van der Waals surface area contributed by atoms with E-state index in [2.05, 4.69) is 33.8 Å². The predicted octanol–water partition coefficient (Wildman–Crippen LogP) is 1.33. The molecule has 1 aliphatic heterocycles. The quantitative estimate of drug-likeness (QED) is 0.792. The Morgan fingerprint density at radius 3 is 2.47 bits per heavy atom. The molecule has 2 rings (SSSR count). The van der Waals surface area contributed by atoms with Gasteiger partial charge in [0.25, 0.3) is 0 Å². The van der Waals surface area contributed by atoms with Crippen LogP contribution in [-0.4, -0.2) is 52.7 Å². The third kappa shape index (κ3) is 2.84. The summed E-state index contributed by atoms with van der Waals surface area (Å²) < 4.78 is 5.31. The zero-order valence-corrected chi connectivity index (χ0v) is 11.0. The van der Waals surface area contributed by atoms with E-state index < -0.39 is 0 Å². The number of piperazine rings is 1. The number of aryl methyl sites for hydroxylation is 1. The summed E-state index contributed by atoms with van der Waals surface area (Å²) >= 11 is 0. The van der Waals surface area contributed by atoms with E-state index in [4.69, 9.17) is 4.52 Å². The molecule has 0 bridgehead atoms. The first kappa shape index (κ1) is 12.5. The molecule has 1 saturated heterocycles. The minimum absolute atomic E-state index is 0.238. The molecule has 5 nitrogen and oxygen atoms in total. The number of aromatic nitrogens is 2. The van der Waals surface area contributed by atoms with Crippen LogP contribution in [0.1, 0.15) is 38.5 Å². The molecular weight excluding hydrogens is 216 g/mol. The Balaban J connectivity index is 1.94. The molecule has 5 heteroatoms. The van der Waals surface area contributed by atoms with Crippen molar-refractivity contribution in [3.63, 3.8) is 0 Å². The average molecular weight is 238 g/mol. The van der Waals surface area contributed by atoms with E-state index in [9.17, 15) is 0 Å². The molecule has 1 atom stereocenters. The Hall–Kier alpha value is -0.940. The van der Waals surface area contributed by atoms with Crippen molar-refractivity contribution in [1.29, 1.82) is 0 Å². The number of hydrogen-bond donors (Lipinski definition) is 0. The van der Waals surface area contributed by atoms with E-state index in [1.807, 2.05) is 6.92 Å². The second kappa shape index (κ2) is 5.60. The van der Waals surface area contributed by atoms with Crippen LogP contribution in [0, 0.1) is 0 Å². The van der Waals surface area contributed by atoms with E-state index in [-0.39, 0.29) is 6.04 Å². The molecule has 1 aliphatic rings. The highest BCUT2D eigenvalue weighted by Crippen LogP contribution is 2.19. The molecule has 1 aromatic heterocycles. The second-order valence-electron chi connectivity index (χ2n) is 4.55. The van der Waals surface area contributed by atoms with Crippen LogP contribution in [0.15, 0.2) is 4.52 Å². The van der Waals surface area contributed by atoms with Crippen LogP contribution in [0.4, 0.5) is 0 Å². The van der Waals surface area contributed by atoms with E-state index in [0.29, 0.717) is 0 Å². The van der Waals surface area contributed by atoms with Gasteiger partial charge in [-0.25, -0.2) is 0 Å². The van der Waals surface area contributed by atoms with E-state index in [1.54, 1.807) is 0 Å². The summed E-state index contributed by atoms with van der Waals surface area (Å²) in [6, 6.07) is 0.238. The van der Waals surface area contributed by atoms with Crippen molar-refractivity contribution in [3.8, 4) is 0 Å². The molecule has 2 heterocycles. The molecule has 0 saturated carbocycles. The molecule has 1 fully saturated rings. The van der Waals surface area contributed by atoms with Gasteiger partial charge in [0.15, 0.2) is 5.82 Å². The molecule has 0 spiro atoms. The minimum atomic E-state index is 0.238. The molecule has 0 aliphatic carbocycles. The first-order valence-electron chi connectivity index (χ1n) is 6.53. The molecule has 0 unspecified atom stereocenters.